The van der Waals surface area contributed by atoms with Crippen molar-refractivity contribution in [2.75, 3.05) is 38.7 Å². The number of halogens is 1. The van der Waals surface area contributed by atoms with Crippen molar-refractivity contribution >= 4 is 15.9 Å². The molecule has 3 heteroatoms. The first kappa shape index (κ1) is 12.4. The zero-order valence-corrected chi connectivity index (χ0v) is 9.93. The molecule has 0 radical (unpaired) electrons. The van der Waals surface area contributed by atoms with Gasteiger partial charge in [0.2, 0.25) is 0 Å². The molecule has 12 heavy (non-hydrogen) atoms. The highest BCUT2D eigenvalue weighted by Crippen LogP contribution is 2.01. The average Bonchev–Trinajstić information content (AvgIpc) is 2.05. The number of ether oxygens (including phenoxy) is 1. The molecule has 0 aromatic carbocycles. The van der Waals surface area contributed by atoms with E-state index in [4.69, 9.17) is 4.74 Å². The molecular formula is C9H20BrNO. The van der Waals surface area contributed by atoms with E-state index in [9.17, 15) is 0 Å². The molecule has 0 heterocycles. The molecular weight excluding hydrogens is 218 g/mol. The van der Waals surface area contributed by atoms with Gasteiger partial charge in [0.05, 0.1) is 6.61 Å². The van der Waals surface area contributed by atoms with Crippen LogP contribution in [0.1, 0.15) is 13.8 Å². The summed E-state index contributed by atoms with van der Waals surface area (Å²) in [6.07, 6.45) is 0. The van der Waals surface area contributed by atoms with Crippen LogP contribution < -0.4 is 0 Å². The molecule has 0 spiro atoms. The van der Waals surface area contributed by atoms with Crippen LogP contribution in [0.4, 0.5) is 0 Å². The number of rotatable bonds is 7. The number of nitrogens with zero attached hydrogens (tertiary/aromatic N) is 1. The molecule has 0 aliphatic rings. The SMILES string of the molecule is CCOCCN(C)CC(C)CBr. The highest BCUT2D eigenvalue weighted by molar-refractivity contribution is 9.09. The second-order valence-electron chi connectivity index (χ2n) is 3.22. The third-order valence-corrected chi connectivity index (χ3v) is 2.81. The highest BCUT2D eigenvalue weighted by Gasteiger charge is 2.03. The average molecular weight is 238 g/mol. The minimum Gasteiger partial charge on any atom is -0.380 e. The lowest BCUT2D eigenvalue weighted by molar-refractivity contribution is 0.119. The number of alkyl halides is 1. The predicted octanol–water partition coefficient (Wildman–Crippen LogP) is 1.99. The summed E-state index contributed by atoms with van der Waals surface area (Å²) >= 11 is 3.47. The minimum absolute atomic E-state index is 0.719. The Hall–Kier alpha value is 0.400. The molecule has 0 rings (SSSR count). The maximum Gasteiger partial charge on any atom is 0.0593 e. The fraction of sp³-hybridized carbons (Fsp3) is 1.00. The molecule has 0 aliphatic heterocycles. The number of hydrogen-bond acceptors (Lipinski definition) is 2. The fourth-order valence-corrected chi connectivity index (χ4v) is 1.24. The lowest BCUT2D eigenvalue weighted by atomic mass is 10.2. The molecule has 0 N–H and O–H groups in total. The Morgan fingerprint density at radius 1 is 1.50 bits per heavy atom. The van der Waals surface area contributed by atoms with Gasteiger partial charge in [0.1, 0.15) is 0 Å². The summed E-state index contributed by atoms with van der Waals surface area (Å²) in [4.78, 5) is 2.31. The summed E-state index contributed by atoms with van der Waals surface area (Å²) in [5.74, 6) is 0.719. The summed E-state index contributed by atoms with van der Waals surface area (Å²) in [6, 6.07) is 0. The molecule has 74 valence electrons. The van der Waals surface area contributed by atoms with Gasteiger partial charge in [0.15, 0.2) is 0 Å². The maximum absolute atomic E-state index is 5.27. The Labute approximate surface area is 84.4 Å². The van der Waals surface area contributed by atoms with Crippen LogP contribution in [0.2, 0.25) is 0 Å². The second-order valence-corrected chi connectivity index (χ2v) is 3.87. The summed E-state index contributed by atoms with van der Waals surface area (Å²) in [5, 5.41) is 1.08. The first-order chi connectivity index (χ1) is 5.70. The first-order valence-electron chi connectivity index (χ1n) is 4.53. The van der Waals surface area contributed by atoms with Gasteiger partial charge >= 0.3 is 0 Å². The van der Waals surface area contributed by atoms with Gasteiger partial charge in [-0.25, -0.2) is 0 Å². The quantitative estimate of drug-likeness (QED) is 0.496. The zero-order valence-electron chi connectivity index (χ0n) is 8.35. The van der Waals surface area contributed by atoms with E-state index in [0.29, 0.717) is 0 Å². The van der Waals surface area contributed by atoms with Crippen LogP contribution >= 0.6 is 15.9 Å². The molecule has 0 aromatic heterocycles. The van der Waals surface area contributed by atoms with Gasteiger partial charge in [-0.1, -0.05) is 22.9 Å². The fourth-order valence-electron chi connectivity index (χ4n) is 1.04. The van der Waals surface area contributed by atoms with Crippen molar-refractivity contribution in [2.45, 2.75) is 13.8 Å². The Balaban J connectivity index is 3.26. The van der Waals surface area contributed by atoms with Crippen molar-refractivity contribution in [2.24, 2.45) is 5.92 Å². The van der Waals surface area contributed by atoms with Gasteiger partial charge in [-0.2, -0.15) is 0 Å². The van der Waals surface area contributed by atoms with E-state index in [-0.39, 0.29) is 0 Å². The molecule has 0 saturated heterocycles. The standard InChI is InChI=1S/C9H20BrNO/c1-4-12-6-5-11(3)8-9(2)7-10/h9H,4-8H2,1-3H3. The van der Waals surface area contributed by atoms with Crippen LogP contribution in [0.5, 0.6) is 0 Å². The van der Waals surface area contributed by atoms with Gasteiger partial charge in [-0.05, 0) is 19.9 Å². The van der Waals surface area contributed by atoms with Crippen molar-refractivity contribution in [1.29, 1.82) is 0 Å². The van der Waals surface area contributed by atoms with E-state index in [1.165, 1.54) is 0 Å². The van der Waals surface area contributed by atoms with Crippen LogP contribution in [-0.4, -0.2) is 43.6 Å². The van der Waals surface area contributed by atoms with E-state index in [0.717, 1.165) is 37.6 Å². The topological polar surface area (TPSA) is 12.5 Å². The molecule has 0 aliphatic carbocycles. The largest absolute Gasteiger partial charge is 0.380 e. The van der Waals surface area contributed by atoms with Gasteiger partial charge in [0, 0.05) is 25.0 Å². The Kier molecular flexibility index (Phi) is 8.29. The van der Waals surface area contributed by atoms with E-state index < -0.39 is 0 Å². The maximum atomic E-state index is 5.27. The number of likely N-dealkylation sites (N-methyl/N-ethyl adjacent to an activating group) is 1. The van der Waals surface area contributed by atoms with E-state index >= 15 is 0 Å². The Morgan fingerprint density at radius 3 is 2.67 bits per heavy atom. The molecule has 1 unspecified atom stereocenters. The van der Waals surface area contributed by atoms with Gasteiger partial charge in [-0.3, -0.25) is 0 Å². The second kappa shape index (κ2) is 8.02. The molecule has 0 fully saturated rings. The zero-order chi connectivity index (χ0) is 9.40. The molecule has 0 bridgehead atoms. The Morgan fingerprint density at radius 2 is 2.17 bits per heavy atom. The predicted molar refractivity (Wildman–Crippen MR) is 56.9 cm³/mol. The van der Waals surface area contributed by atoms with E-state index in [1.54, 1.807) is 0 Å². The lowest BCUT2D eigenvalue weighted by Crippen LogP contribution is -2.28. The van der Waals surface area contributed by atoms with Crippen LogP contribution in [-0.2, 0) is 4.74 Å². The van der Waals surface area contributed by atoms with Gasteiger partial charge < -0.3 is 9.64 Å². The smallest absolute Gasteiger partial charge is 0.0593 e. The molecule has 2 nitrogen and oxygen atoms in total. The van der Waals surface area contributed by atoms with Crippen LogP contribution in [0, 0.1) is 5.92 Å². The molecule has 0 aromatic rings. The molecule has 0 amide bonds. The monoisotopic (exact) mass is 237 g/mol. The minimum atomic E-state index is 0.719. The number of hydrogen-bond donors (Lipinski definition) is 0. The van der Waals surface area contributed by atoms with Crippen molar-refractivity contribution in [3.05, 3.63) is 0 Å². The highest BCUT2D eigenvalue weighted by atomic mass is 79.9. The van der Waals surface area contributed by atoms with Crippen molar-refractivity contribution < 1.29 is 4.74 Å². The summed E-state index contributed by atoms with van der Waals surface area (Å²) in [7, 11) is 2.14. The van der Waals surface area contributed by atoms with Crippen LogP contribution in [0.3, 0.4) is 0 Å². The van der Waals surface area contributed by atoms with E-state index in [2.05, 4.69) is 34.8 Å². The van der Waals surface area contributed by atoms with Crippen LogP contribution in [0.15, 0.2) is 0 Å². The summed E-state index contributed by atoms with van der Waals surface area (Å²) < 4.78 is 5.27. The van der Waals surface area contributed by atoms with E-state index in [1.807, 2.05) is 6.92 Å². The summed E-state index contributed by atoms with van der Waals surface area (Å²) in [6.45, 7) is 8.11. The van der Waals surface area contributed by atoms with Gasteiger partial charge in [-0.15, -0.1) is 0 Å². The lowest BCUT2D eigenvalue weighted by Gasteiger charge is -2.19. The third-order valence-electron chi connectivity index (χ3n) is 1.71. The van der Waals surface area contributed by atoms with Crippen molar-refractivity contribution in [3.8, 4) is 0 Å². The first-order valence-corrected chi connectivity index (χ1v) is 5.65. The van der Waals surface area contributed by atoms with Gasteiger partial charge in [0.25, 0.3) is 0 Å². The molecule has 0 saturated carbocycles. The normalized spacial score (nSPS) is 13.8. The third kappa shape index (κ3) is 7.07. The van der Waals surface area contributed by atoms with Crippen molar-refractivity contribution in [1.82, 2.24) is 4.90 Å². The summed E-state index contributed by atoms with van der Waals surface area (Å²) in [5.41, 5.74) is 0. The molecule has 1 atom stereocenters. The van der Waals surface area contributed by atoms with Crippen molar-refractivity contribution in [3.63, 3.8) is 0 Å². The van der Waals surface area contributed by atoms with Crippen LogP contribution in [0.25, 0.3) is 0 Å². The Bertz CT molecular complexity index is 101.